The van der Waals surface area contributed by atoms with Crippen LogP contribution in [-0.4, -0.2) is 73.8 Å². The number of nitrogens with one attached hydrogen (secondary N) is 2. The molecule has 0 aromatic rings. The summed E-state index contributed by atoms with van der Waals surface area (Å²) in [5.74, 6) is -1.62. The zero-order valence-electron chi connectivity index (χ0n) is 9.92. The van der Waals surface area contributed by atoms with Gasteiger partial charge in [-0.2, -0.15) is 0 Å². The van der Waals surface area contributed by atoms with Gasteiger partial charge in [-0.3, -0.25) is 9.59 Å². The Kier molecular flexibility index (Phi) is 6.58. The molecule has 0 radical (unpaired) electrons. The molecule has 104 valence electrons. The number of carbonyl (C=O) groups excluding carboxylic acids is 2. The van der Waals surface area contributed by atoms with Crippen molar-refractivity contribution in [1.82, 2.24) is 10.6 Å². The molecule has 1 aliphatic heterocycles. The van der Waals surface area contributed by atoms with Crippen molar-refractivity contribution in [3.63, 3.8) is 0 Å². The highest BCUT2D eigenvalue weighted by Crippen LogP contribution is 1.94. The van der Waals surface area contributed by atoms with Gasteiger partial charge in [0.1, 0.15) is 0 Å². The van der Waals surface area contributed by atoms with Gasteiger partial charge in [-0.1, -0.05) is 0 Å². The van der Waals surface area contributed by atoms with Crippen LogP contribution >= 0.6 is 0 Å². The average Bonchev–Trinajstić information content (AvgIpc) is 2.37. The Morgan fingerprint density at radius 2 is 1.22 bits per heavy atom. The number of hydrogen-bond donors (Lipinski definition) is 4. The first kappa shape index (κ1) is 14.8. The summed E-state index contributed by atoms with van der Waals surface area (Å²) >= 11 is 0. The number of rotatable bonds is 0. The monoisotopic (exact) mass is 262 g/mol. The third-order valence-electron chi connectivity index (χ3n) is 2.30. The summed E-state index contributed by atoms with van der Waals surface area (Å²) in [5, 5.41) is 23.5. The van der Waals surface area contributed by atoms with Crippen LogP contribution in [0.2, 0.25) is 0 Å². The zero-order valence-corrected chi connectivity index (χ0v) is 9.92. The summed E-state index contributed by atoms with van der Waals surface area (Å²) in [4.78, 5) is 22.7. The molecule has 1 rings (SSSR count). The highest BCUT2D eigenvalue weighted by atomic mass is 16.5. The number of aliphatic hydroxyl groups excluding tert-OH is 2. The van der Waals surface area contributed by atoms with E-state index in [2.05, 4.69) is 10.6 Å². The van der Waals surface area contributed by atoms with E-state index in [1.807, 2.05) is 0 Å². The molecule has 8 nitrogen and oxygen atoms in total. The third kappa shape index (κ3) is 4.96. The number of ether oxygens (including phenoxy) is 2. The smallest absolute Gasteiger partial charge is 0.252 e. The van der Waals surface area contributed by atoms with Crippen molar-refractivity contribution in [2.45, 2.75) is 12.2 Å². The van der Waals surface area contributed by atoms with Crippen molar-refractivity contribution in [2.75, 3.05) is 39.5 Å². The molecule has 2 atom stereocenters. The second-order valence-corrected chi connectivity index (χ2v) is 3.70. The Morgan fingerprint density at radius 3 is 1.61 bits per heavy atom. The minimum absolute atomic E-state index is 0.185. The Labute approximate surface area is 104 Å². The lowest BCUT2D eigenvalue weighted by atomic mass is 10.2. The van der Waals surface area contributed by atoms with E-state index in [0.29, 0.717) is 13.2 Å². The predicted molar refractivity (Wildman–Crippen MR) is 59.7 cm³/mol. The third-order valence-corrected chi connectivity index (χ3v) is 2.30. The molecule has 1 aliphatic rings. The van der Waals surface area contributed by atoms with Gasteiger partial charge in [-0.05, 0) is 0 Å². The van der Waals surface area contributed by atoms with Crippen LogP contribution < -0.4 is 10.6 Å². The number of aliphatic hydroxyl groups is 2. The molecule has 0 aliphatic carbocycles. The van der Waals surface area contributed by atoms with Gasteiger partial charge >= 0.3 is 0 Å². The topological polar surface area (TPSA) is 117 Å². The zero-order chi connectivity index (χ0) is 13.4. The van der Waals surface area contributed by atoms with E-state index in [-0.39, 0.29) is 26.3 Å². The summed E-state index contributed by atoms with van der Waals surface area (Å²) < 4.78 is 10.3. The van der Waals surface area contributed by atoms with Crippen molar-refractivity contribution < 1.29 is 29.3 Å². The van der Waals surface area contributed by atoms with Crippen molar-refractivity contribution in [2.24, 2.45) is 0 Å². The highest BCUT2D eigenvalue weighted by molar-refractivity contribution is 5.90. The van der Waals surface area contributed by atoms with Crippen LogP contribution in [0.4, 0.5) is 0 Å². The lowest BCUT2D eigenvalue weighted by Crippen LogP contribution is -2.50. The molecular formula is C10H18N2O6. The molecule has 4 N–H and O–H groups in total. The highest BCUT2D eigenvalue weighted by Gasteiger charge is 2.29. The minimum atomic E-state index is -1.80. The molecule has 1 saturated heterocycles. The van der Waals surface area contributed by atoms with Crippen molar-refractivity contribution in [3.8, 4) is 0 Å². The van der Waals surface area contributed by atoms with E-state index < -0.39 is 24.0 Å². The molecule has 0 spiro atoms. The molecule has 0 bridgehead atoms. The molecule has 0 aromatic carbocycles. The fourth-order valence-corrected chi connectivity index (χ4v) is 1.31. The fourth-order valence-electron chi connectivity index (χ4n) is 1.31. The molecule has 18 heavy (non-hydrogen) atoms. The maximum atomic E-state index is 11.4. The van der Waals surface area contributed by atoms with Crippen LogP contribution in [0, 0.1) is 0 Å². The molecule has 0 saturated carbocycles. The van der Waals surface area contributed by atoms with Crippen LogP contribution in [0.15, 0.2) is 0 Å². The molecular weight excluding hydrogens is 244 g/mol. The summed E-state index contributed by atoms with van der Waals surface area (Å²) in [7, 11) is 0. The summed E-state index contributed by atoms with van der Waals surface area (Å²) in [6.07, 6.45) is -3.59. The van der Waals surface area contributed by atoms with E-state index in [4.69, 9.17) is 9.47 Å². The Hall–Kier alpha value is -1.22. The SMILES string of the molecule is O=C1NCCOCCOCCNC(=O)[C@H](O)[C@H]1O. The van der Waals surface area contributed by atoms with E-state index in [1.54, 1.807) is 0 Å². The average molecular weight is 262 g/mol. The Bertz CT molecular complexity index is 258. The maximum absolute atomic E-state index is 11.4. The van der Waals surface area contributed by atoms with Crippen molar-refractivity contribution in [3.05, 3.63) is 0 Å². The normalized spacial score (nSPS) is 29.0. The van der Waals surface area contributed by atoms with Crippen LogP contribution in [0.1, 0.15) is 0 Å². The lowest BCUT2D eigenvalue weighted by Gasteiger charge is -2.18. The second kappa shape index (κ2) is 7.98. The maximum Gasteiger partial charge on any atom is 0.252 e. The molecule has 1 heterocycles. The second-order valence-electron chi connectivity index (χ2n) is 3.70. The van der Waals surface area contributed by atoms with Gasteiger partial charge in [0, 0.05) is 13.1 Å². The van der Waals surface area contributed by atoms with Gasteiger partial charge in [0.2, 0.25) is 0 Å². The predicted octanol–water partition coefficient (Wildman–Crippen LogP) is -3.01. The van der Waals surface area contributed by atoms with Gasteiger partial charge in [-0.15, -0.1) is 0 Å². The number of carbonyl (C=O) groups is 2. The van der Waals surface area contributed by atoms with Crippen molar-refractivity contribution in [1.29, 1.82) is 0 Å². The van der Waals surface area contributed by atoms with Crippen molar-refractivity contribution >= 4 is 11.8 Å². The van der Waals surface area contributed by atoms with Crippen LogP contribution in [0.25, 0.3) is 0 Å². The van der Waals surface area contributed by atoms with Crippen LogP contribution in [-0.2, 0) is 19.1 Å². The molecule has 8 heteroatoms. The largest absolute Gasteiger partial charge is 0.380 e. The Morgan fingerprint density at radius 1 is 0.833 bits per heavy atom. The van der Waals surface area contributed by atoms with Gasteiger partial charge in [0.15, 0.2) is 12.2 Å². The molecule has 0 aromatic heterocycles. The summed E-state index contributed by atoms with van der Waals surface area (Å²) in [5.41, 5.74) is 0. The quantitative estimate of drug-likeness (QED) is 0.369. The van der Waals surface area contributed by atoms with Gasteiger partial charge in [0.05, 0.1) is 26.4 Å². The van der Waals surface area contributed by atoms with E-state index in [9.17, 15) is 19.8 Å². The van der Waals surface area contributed by atoms with Crippen LogP contribution in [0.5, 0.6) is 0 Å². The lowest BCUT2D eigenvalue weighted by molar-refractivity contribution is -0.146. The standard InChI is InChI=1S/C10H18N2O6/c13-7-8(14)10(16)12-2-4-18-6-5-17-3-1-11-9(7)15/h7-8,13-14H,1-6H2,(H,11,15)(H,12,16)/t7-,8-/m1/s1. The van der Waals surface area contributed by atoms with E-state index in [1.165, 1.54) is 0 Å². The summed E-state index contributed by atoms with van der Waals surface area (Å²) in [6.45, 7) is 1.67. The molecule has 1 fully saturated rings. The first-order valence-electron chi connectivity index (χ1n) is 5.70. The van der Waals surface area contributed by atoms with Gasteiger partial charge in [0.25, 0.3) is 11.8 Å². The summed E-state index contributed by atoms with van der Waals surface area (Å²) in [6, 6.07) is 0. The number of amides is 2. The van der Waals surface area contributed by atoms with Gasteiger partial charge in [-0.25, -0.2) is 0 Å². The number of hydrogen-bond acceptors (Lipinski definition) is 6. The Balaban J connectivity index is 2.51. The first-order chi connectivity index (χ1) is 8.63. The first-order valence-corrected chi connectivity index (χ1v) is 5.70. The van der Waals surface area contributed by atoms with E-state index >= 15 is 0 Å². The van der Waals surface area contributed by atoms with Crippen LogP contribution in [0.3, 0.4) is 0 Å². The molecule has 2 amide bonds. The van der Waals surface area contributed by atoms with Gasteiger partial charge < -0.3 is 30.3 Å². The minimum Gasteiger partial charge on any atom is -0.380 e. The fraction of sp³-hybridized carbons (Fsp3) is 0.800. The molecule has 0 unspecified atom stereocenters. The van der Waals surface area contributed by atoms with E-state index in [0.717, 1.165) is 0 Å².